The fraction of sp³-hybridized carbons (Fsp3) is 0.429. The van der Waals surface area contributed by atoms with Crippen molar-refractivity contribution in [3.63, 3.8) is 0 Å². The SMILES string of the molecule is Cc1nc(Nc2ccc3c(cnn3C(=O)OC(C)(C)C)c2)cc(OCCN(C)C)n1. The van der Waals surface area contributed by atoms with Crippen LogP contribution in [0, 0.1) is 6.92 Å². The highest BCUT2D eigenvalue weighted by atomic mass is 16.6. The van der Waals surface area contributed by atoms with Crippen LogP contribution in [0.2, 0.25) is 0 Å². The van der Waals surface area contributed by atoms with Crippen molar-refractivity contribution in [1.29, 1.82) is 0 Å². The van der Waals surface area contributed by atoms with Crippen LogP contribution < -0.4 is 10.1 Å². The van der Waals surface area contributed by atoms with Gasteiger partial charge in [0.25, 0.3) is 0 Å². The highest BCUT2D eigenvalue weighted by Gasteiger charge is 2.20. The summed E-state index contributed by atoms with van der Waals surface area (Å²) in [5.41, 5.74) is 0.888. The molecule has 2 heterocycles. The molecule has 2 aromatic heterocycles. The molecule has 0 spiro atoms. The minimum absolute atomic E-state index is 0.510. The van der Waals surface area contributed by atoms with E-state index in [1.165, 1.54) is 4.68 Å². The molecule has 0 radical (unpaired) electrons. The summed E-state index contributed by atoms with van der Waals surface area (Å²) >= 11 is 0. The van der Waals surface area contributed by atoms with Gasteiger partial charge in [-0.1, -0.05) is 0 Å². The number of fused-ring (bicyclic) bond motifs is 1. The van der Waals surface area contributed by atoms with E-state index in [4.69, 9.17) is 9.47 Å². The molecule has 9 heteroatoms. The molecule has 0 aliphatic heterocycles. The summed E-state index contributed by atoms with van der Waals surface area (Å²) in [7, 11) is 3.98. The number of carbonyl (C=O) groups is 1. The predicted molar refractivity (Wildman–Crippen MR) is 115 cm³/mol. The van der Waals surface area contributed by atoms with Crippen LogP contribution in [0.1, 0.15) is 26.6 Å². The van der Waals surface area contributed by atoms with Crippen molar-refractivity contribution < 1.29 is 14.3 Å². The van der Waals surface area contributed by atoms with Crippen molar-refractivity contribution in [3.8, 4) is 5.88 Å². The molecule has 0 aliphatic carbocycles. The van der Waals surface area contributed by atoms with E-state index in [-0.39, 0.29) is 0 Å². The van der Waals surface area contributed by atoms with Crippen LogP contribution in [-0.4, -0.2) is 63.6 Å². The zero-order valence-electron chi connectivity index (χ0n) is 18.3. The van der Waals surface area contributed by atoms with Crippen LogP contribution in [0.3, 0.4) is 0 Å². The van der Waals surface area contributed by atoms with E-state index >= 15 is 0 Å². The quantitative estimate of drug-likeness (QED) is 0.656. The Morgan fingerprint density at radius 1 is 1.20 bits per heavy atom. The van der Waals surface area contributed by atoms with E-state index in [1.807, 2.05) is 64.9 Å². The van der Waals surface area contributed by atoms with E-state index in [0.717, 1.165) is 17.6 Å². The van der Waals surface area contributed by atoms with Crippen molar-refractivity contribution >= 4 is 28.5 Å². The molecule has 0 amide bonds. The summed E-state index contributed by atoms with van der Waals surface area (Å²) in [6.45, 7) is 8.61. The average molecular weight is 412 g/mol. The lowest BCUT2D eigenvalue weighted by molar-refractivity contribution is 0.0522. The minimum Gasteiger partial charge on any atom is -0.476 e. The number of hydrogen-bond acceptors (Lipinski definition) is 8. The number of rotatable bonds is 6. The van der Waals surface area contributed by atoms with Gasteiger partial charge in [0.15, 0.2) is 0 Å². The first-order valence-electron chi connectivity index (χ1n) is 9.72. The Morgan fingerprint density at radius 3 is 2.67 bits per heavy atom. The lowest BCUT2D eigenvalue weighted by Crippen LogP contribution is -2.27. The van der Waals surface area contributed by atoms with Crippen molar-refractivity contribution in [2.45, 2.75) is 33.3 Å². The lowest BCUT2D eigenvalue weighted by Gasteiger charge is -2.19. The van der Waals surface area contributed by atoms with Crippen LogP contribution in [0.4, 0.5) is 16.3 Å². The number of ether oxygens (including phenoxy) is 2. The molecule has 9 nitrogen and oxygen atoms in total. The Bertz CT molecular complexity index is 1040. The van der Waals surface area contributed by atoms with Crippen molar-refractivity contribution in [1.82, 2.24) is 24.6 Å². The molecule has 0 aliphatic rings. The number of hydrogen-bond donors (Lipinski definition) is 1. The summed E-state index contributed by atoms with van der Waals surface area (Å²) in [6, 6.07) is 7.33. The molecule has 0 saturated carbocycles. The number of benzene rings is 1. The lowest BCUT2D eigenvalue weighted by atomic mass is 10.2. The van der Waals surface area contributed by atoms with Gasteiger partial charge in [-0.05, 0) is 60.0 Å². The Labute approximate surface area is 176 Å². The molecule has 0 bridgehead atoms. The molecule has 3 aromatic rings. The van der Waals surface area contributed by atoms with Gasteiger partial charge >= 0.3 is 6.09 Å². The summed E-state index contributed by atoms with van der Waals surface area (Å²) in [6.07, 6.45) is 1.12. The smallest absolute Gasteiger partial charge is 0.435 e. The van der Waals surface area contributed by atoms with Gasteiger partial charge in [0.05, 0.1) is 11.7 Å². The van der Waals surface area contributed by atoms with Gasteiger partial charge in [0.2, 0.25) is 5.88 Å². The summed E-state index contributed by atoms with van der Waals surface area (Å²) in [5.74, 6) is 1.76. The van der Waals surface area contributed by atoms with Gasteiger partial charge in [-0.15, -0.1) is 0 Å². The highest BCUT2D eigenvalue weighted by Crippen LogP contribution is 2.24. The maximum Gasteiger partial charge on any atom is 0.435 e. The Balaban J connectivity index is 1.77. The van der Waals surface area contributed by atoms with Gasteiger partial charge in [-0.25, -0.2) is 9.78 Å². The zero-order chi connectivity index (χ0) is 21.9. The third-order valence-corrected chi connectivity index (χ3v) is 4.01. The molecule has 3 rings (SSSR count). The van der Waals surface area contributed by atoms with Gasteiger partial charge in [-0.3, -0.25) is 0 Å². The number of anilines is 2. The van der Waals surface area contributed by atoms with E-state index in [9.17, 15) is 4.79 Å². The van der Waals surface area contributed by atoms with Crippen molar-refractivity contribution in [2.24, 2.45) is 0 Å². The van der Waals surface area contributed by atoms with Gasteiger partial charge < -0.3 is 19.7 Å². The normalized spacial score (nSPS) is 11.7. The van der Waals surface area contributed by atoms with Gasteiger partial charge in [0.1, 0.15) is 23.9 Å². The van der Waals surface area contributed by atoms with E-state index in [1.54, 1.807) is 12.3 Å². The number of nitrogens with zero attached hydrogens (tertiary/aromatic N) is 5. The molecule has 0 atom stereocenters. The third-order valence-electron chi connectivity index (χ3n) is 4.01. The Kier molecular flexibility index (Phi) is 6.21. The number of likely N-dealkylation sites (N-methyl/N-ethyl adjacent to an activating group) is 1. The molecular formula is C21H28N6O3. The molecular weight excluding hydrogens is 384 g/mol. The fourth-order valence-corrected chi connectivity index (χ4v) is 2.72. The maximum atomic E-state index is 12.3. The van der Waals surface area contributed by atoms with E-state index in [2.05, 4.69) is 20.4 Å². The second kappa shape index (κ2) is 8.66. The first kappa shape index (κ1) is 21.5. The molecule has 160 valence electrons. The van der Waals surface area contributed by atoms with Crippen molar-refractivity contribution in [2.75, 3.05) is 32.6 Å². The highest BCUT2D eigenvalue weighted by molar-refractivity contribution is 5.90. The monoisotopic (exact) mass is 412 g/mol. The molecule has 0 unspecified atom stereocenters. The van der Waals surface area contributed by atoms with Crippen LogP contribution in [0.15, 0.2) is 30.5 Å². The van der Waals surface area contributed by atoms with Crippen molar-refractivity contribution in [3.05, 3.63) is 36.3 Å². The second-order valence-corrected chi connectivity index (χ2v) is 8.23. The van der Waals surface area contributed by atoms with Crippen LogP contribution >= 0.6 is 0 Å². The summed E-state index contributed by atoms with van der Waals surface area (Å²) in [4.78, 5) is 23.1. The third kappa shape index (κ3) is 5.66. The van der Waals surface area contributed by atoms with E-state index < -0.39 is 11.7 Å². The number of aryl methyl sites for hydroxylation is 1. The minimum atomic E-state index is -0.589. The van der Waals surface area contributed by atoms with Gasteiger partial charge in [0, 0.05) is 23.7 Å². The Morgan fingerprint density at radius 2 is 1.97 bits per heavy atom. The molecule has 1 aromatic carbocycles. The largest absolute Gasteiger partial charge is 0.476 e. The first-order valence-corrected chi connectivity index (χ1v) is 9.72. The molecule has 1 N–H and O–H groups in total. The number of nitrogens with one attached hydrogen (secondary N) is 1. The van der Waals surface area contributed by atoms with Crippen LogP contribution in [-0.2, 0) is 4.74 Å². The summed E-state index contributed by atoms with van der Waals surface area (Å²) < 4.78 is 12.4. The van der Waals surface area contributed by atoms with Crippen LogP contribution in [0.25, 0.3) is 10.9 Å². The zero-order valence-corrected chi connectivity index (χ0v) is 18.3. The second-order valence-electron chi connectivity index (χ2n) is 8.23. The number of carbonyl (C=O) groups excluding carboxylic acids is 1. The molecule has 0 fully saturated rings. The molecule has 0 saturated heterocycles. The predicted octanol–water partition coefficient (Wildman–Crippen LogP) is 3.60. The van der Waals surface area contributed by atoms with Crippen LogP contribution in [0.5, 0.6) is 5.88 Å². The standard InChI is InChI=1S/C21H28N6O3/c1-14-23-18(12-19(24-14)29-10-9-26(5)6)25-16-7-8-17-15(11-16)13-22-27(17)20(28)30-21(2,3)4/h7-8,11-13H,9-10H2,1-6H3,(H,23,24,25). The maximum absolute atomic E-state index is 12.3. The average Bonchev–Trinajstić information content (AvgIpc) is 3.03. The summed E-state index contributed by atoms with van der Waals surface area (Å²) in [5, 5.41) is 8.23. The fourth-order valence-electron chi connectivity index (χ4n) is 2.72. The Hall–Kier alpha value is -3.20. The first-order chi connectivity index (χ1) is 14.1. The van der Waals surface area contributed by atoms with E-state index in [0.29, 0.717) is 29.6 Å². The molecule has 30 heavy (non-hydrogen) atoms. The number of aromatic nitrogens is 4. The topological polar surface area (TPSA) is 94.4 Å². The van der Waals surface area contributed by atoms with Gasteiger partial charge in [-0.2, -0.15) is 14.8 Å².